The number of nitrogens with two attached hydrogens (primary N) is 1. The normalized spacial score (nSPS) is 25.1. The van der Waals surface area contributed by atoms with Crippen molar-refractivity contribution in [3.63, 3.8) is 0 Å². The Morgan fingerprint density at radius 1 is 1.15 bits per heavy atom. The molecular weight excluding hydrogens is 424 g/mol. The first-order valence-electron chi connectivity index (χ1n) is 12.8. The molecule has 0 unspecified atom stereocenters. The van der Waals surface area contributed by atoms with E-state index in [1.807, 2.05) is 13.1 Å². The van der Waals surface area contributed by atoms with E-state index in [4.69, 9.17) is 5.73 Å². The van der Waals surface area contributed by atoms with Crippen molar-refractivity contribution in [2.24, 2.45) is 5.73 Å². The largest absolute Gasteiger partial charge is 0.367 e. The molecule has 6 nitrogen and oxygen atoms in total. The van der Waals surface area contributed by atoms with E-state index in [1.165, 1.54) is 0 Å². The highest BCUT2D eigenvalue weighted by Crippen LogP contribution is 2.31. The van der Waals surface area contributed by atoms with Crippen molar-refractivity contribution in [3.8, 4) is 0 Å². The molecule has 1 amide bonds. The first-order chi connectivity index (χ1) is 16.5. The Hall–Kier alpha value is -2.73. The van der Waals surface area contributed by atoms with Crippen LogP contribution in [0.1, 0.15) is 81.1 Å². The molecule has 182 valence electrons. The second-order valence-electron chi connectivity index (χ2n) is 9.88. The zero-order valence-corrected chi connectivity index (χ0v) is 20.6. The van der Waals surface area contributed by atoms with Crippen LogP contribution in [0.5, 0.6) is 0 Å². The van der Waals surface area contributed by atoms with Gasteiger partial charge < -0.3 is 16.0 Å². The first kappa shape index (κ1) is 24.4. The number of nitrogens with one attached hydrogen (secondary N) is 1. The maximum absolute atomic E-state index is 13.4. The SMILES string of the molecule is CCN(c1cncc2c1C/C=C/CCCC1=C(CNC2=O)C(=O)CC(C)=C1)C1CCC(N)CC1. The Morgan fingerprint density at radius 2 is 1.94 bits per heavy atom. The number of hydrogen-bond donors (Lipinski definition) is 2. The summed E-state index contributed by atoms with van der Waals surface area (Å²) in [5, 5.41) is 3.05. The van der Waals surface area contributed by atoms with Crippen LogP contribution in [0.2, 0.25) is 0 Å². The molecular formula is C28H38N4O2. The molecule has 34 heavy (non-hydrogen) atoms. The number of carbonyl (C=O) groups is 2. The highest BCUT2D eigenvalue weighted by atomic mass is 16.2. The molecule has 6 heteroatoms. The number of anilines is 1. The number of ketones is 1. The predicted molar refractivity (Wildman–Crippen MR) is 137 cm³/mol. The van der Waals surface area contributed by atoms with Gasteiger partial charge in [0, 0.05) is 43.4 Å². The molecule has 2 aliphatic carbocycles. The minimum absolute atomic E-state index is 0.125. The fourth-order valence-electron chi connectivity index (χ4n) is 5.58. The van der Waals surface area contributed by atoms with Gasteiger partial charge >= 0.3 is 0 Å². The maximum atomic E-state index is 13.4. The van der Waals surface area contributed by atoms with E-state index in [1.54, 1.807) is 6.20 Å². The van der Waals surface area contributed by atoms with E-state index in [-0.39, 0.29) is 18.2 Å². The topological polar surface area (TPSA) is 88.3 Å². The maximum Gasteiger partial charge on any atom is 0.253 e. The lowest BCUT2D eigenvalue weighted by Crippen LogP contribution is -2.41. The second-order valence-corrected chi connectivity index (χ2v) is 9.88. The molecule has 0 radical (unpaired) electrons. The molecule has 0 bridgehead atoms. The molecule has 2 heterocycles. The summed E-state index contributed by atoms with van der Waals surface area (Å²) >= 11 is 0. The zero-order valence-electron chi connectivity index (χ0n) is 20.6. The summed E-state index contributed by atoms with van der Waals surface area (Å²) in [7, 11) is 0. The summed E-state index contributed by atoms with van der Waals surface area (Å²) in [6.45, 7) is 5.30. The van der Waals surface area contributed by atoms with Gasteiger partial charge in [0.15, 0.2) is 5.78 Å². The molecule has 1 aliphatic heterocycles. The van der Waals surface area contributed by atoms with Gasteiger partial charge in [-0.05, 0) is 76.4 Å². The third kappa shape index (κ3) is 5.49. The summed E-state index contributed by atoms with van der Waals surface area (Å²) in [6, 6.07) is 0.708. The molecule has 1 fully saturated rings. The van der Waals surface area contributed by atoms with Crippen LogP contribution >= 0.6 is 0 Å². The molecule has 1 aromatic rings. The van der Waals surface area contributed by atoms with Crippen LogP contribution in [0.4, 0.5) is 5.69 Å². The van der Waals surface area contributed by atoms with Crippen molar-refractivity contribution in [3.05, 3.63) is 58.5 Å². The fraction of sp³-hybridized carbons (Fsp3) is 0.536. The second kappa shape index (κ2) is 11.1. The van der Waals surface area contributed by atoms with Crippen molar-refractivity contribution in [1.29, 1.82) is 0 Å². The summed E-state index contributed by atoms with van der Waals surface area (Å²) in [4.78, 5) is 33.0. The van der Waals surface area contributed by atoms with Gasteiger partial charge in [-0.1, -0.05) is 23.8 Å². The summed E-state index contributed by atoms with van der Waals surface area (Å²) < 4.78 is 0. The first-order valence-corrected chi connectivity index (χ1v) is 12.8. The van der Waals surface area contributed by atoms with Crippen molar-refractivity contribution in [1.82, 2.24) is 10.3 Å². The van der Waals surface area contributed by atoms with Crippen molar-refractivity contribution >= 4 is 17.4 Å². The van der Waals surface area contributed by atoms with Crippen LogP contribution in [-0.2, 0) is 11.2 Å². The Labute approximate surface area is 203 Å². The number of hydrogen-bond acceptors (Lipinski definition) is 5. The number of fused-ring (bicyclic) bond motifs is 1. The van der Waals surface area contributed by atoms with Gasteiger partial charge in [0.25, 0.3) is 5.91 Å². The van der Waals surface area contributed by atoms with Crippen molar-refractivity contribution < 1.29 is 9.59 Å². The molecule has 0 aromatic carbocycles. The quantitative estimate of drug-likeness (QED) is 0.650. The van der Waals surface area contributed by atoms with Crippen LogP contribution in [-0.4, -0.2) is 41.8 Å². The Kier molecular flexibility index (Phi) is 7.99. The number of amides is 1. The van der Waals surface area contributed by atoms with Crippen LogP contribution in [0, 0.1) is 0 Å². The van der Waals surface area contributed by atoms with E-state index in [9.17, 15) is 9.59 Å². The molecule has 1 saturated carbocycles. The zero-order chi connectivity index (χ0) is 24.1. The molecule has 0 saturated heterocycles. The predicted octanol–water partition coefficient (Wildman–Crippen LogP) is 4.41. The average molecular weight is 463 g/mol. The van der Waals surface area contributed by atoms with Crippen LogP contribution in [0.25, 0.3) is 0 Å². The number of pyridine rings is 1. The number of rotatable bonds is 3. The number of aromatic nitrogens is 1. The minimum Gasteiger partial charge on any atom is -0.367 e. The Balaban J connectivity index is 1.67. The molecule has 3 aliphatic rings. The third-order valence-electron chi connectivity index (χ3n) is 7.43. The van der Waals surface area contributed by atoms with E-state index < -0.39 is 0 Å². The highest BCUT2D eigenvalue weighted by molar-refractivity contribution is 6.02. The lowest BCUT2D eigenvalue weighted by molar-refractivity contribution is -0.115. The summed E-state index contributed by atoms with van der Waals surface area (Å²) in [6.07, 6.45) is 18.2. The molecule has 4 rings (SSSR count). The van der Waals surface area contributed by atoms with Gasteiger partial charge in [0.2, 0.25) is 0 Å². The lowest BCUT2D eigenvalue weighted by atomic mass is 9.89. The van der Waals surface area contributed by atoms with E-state index in [0.29, 0.717) is 30.5 Å². The number of allylic oxidation sites excluding steroid dienone is 5. The van der Waals surface area contributed by atoms with E-state index in [0.717, 1.165) is 79.5 Å². The molecule has 3 N–H and O–H groups in total. The van der Waals surface area contributed by atoms with Crippen LogP contribution in [0.15, 0.2) is 47.3 Å². The molecule has 0 spiro atoms. The molecule has 1 aromatic heterocycles. The monoisotopic (exact) mass is 462 g/mol. The van der Waals surface area contributed by atoms with Gasteiger partial charge in [0.05, 0.1) is 17.4 Å². The highest BCUT2D eigenvalue weighted by Gasteiger charge is 2.27. The summed E-state index contributed by atoms with van der Waals surface area (Å²) in [5.74, 6) is -0.0369. The smallest absolute Gasteiger partial charge is 0.253 e. The lowest BCUT2D eigenvalue weighted by Gasteiger charge is -2.38. The summed E-state index contributed by atoms with van der Waals surface area (Å²) in [5.41, 5.74) is 11.7. The van der Waals surface area contributed by atoms with Gasteiger partial charge in [-0.15, -0.1) is 0 Å². The van der Waals surface area contributed by atoms with E-state index in [2.05, 4.69) is 40.4 Å². The van der Waals surface area contributed by atoms with Gasteiger partial charge in [0.1, 0.15) is 0 Å². The standard InChI is InChI=1S/C28H38N4O2/c1-3-32(22-12-10-21(29)11-13-22)26-18-30-16-25-23(26)9-7-5-4-6-8-20-14-19(2)15-27(33)24(20)17-31-28(25)34/h5,7,14,16,18,21-22H,3-4,6,8-13,15,17,29H2,1-2H3,(H,31,34)/b7-5+. The van der Waals surface area contributed by atoms with Crippen LogP contribution < -0.4 is 16.0 Å². The Morgan fingerprint density at radius 3 is 2.71 bits per heavy atom. The van der Waals surface area contributed by atoms with Crippen LogP contribution in [0.3, 0.4) is 0 Å². The van der Waals surface area contributed by atoms with Gasteiger partial charge in [-0.3, -0.25) is 14.6 Å². The van der Waals surface area contributed by atoms with Gasteiger partial charge in [-0.2, -0.15) is 0 Å². The van der Waals surface area contributed by atoms with Crippen molar-refractivity contribution in [2.75, 3.05) is 18.0 Å². The average Bonchev–Trinajstić information content (AvgIpc) is 2.83. The van der Waals surface area contributed by atoms with E-state index >= 15 is 0 Å². The number of carbonyl (C=O) groups excluding carboxylic acids is 2. The van der Waals surface area contributed by atoms with Gasteiger partial charge in [-0.25, -0.2) is 0 Å². The fourth-order valence-corrected chi connectivity index (χ4v) is 5.58. The minimum atomic E-state index is -0.162. The molecule has 0 atom stereocenters. The number of nitrogens with zero attached hydrogens (tertiary/aromatic N) is 2. The third-order valence-corrected chi connectivity index (χ3v) is 7.43. The van der Waals surface area contributed by atoms with Crippen molar-refractivity contribution in [2.45, 2.75) is 83.7 Å². The Bertz CT molecular complexity index is 1020. The number of Topliss-reactive ketones (excluding diaryl/α,β-unsaturated/α-hetero) is 1.